The first kappa shape index (κ1) is 20.4. The first-order valence-electron chi connectivity index (χ1n) is 8.71. The van der Waals surface area contributed by atoms with E-state index in [9.17, 15) is 22.4 Å². The number of sulfone groups is 1. The fourth-order valence-corrected chi connectivity index (χ4v) is 4.20. The predicted molar refractivity (Wildman–Crippen MR) is 93.6 cm³/mol. The third-order valence-corrected chi connectivity index (χ3v) is 6.30. The zero-order valence-corrected chi connectivity index (χ0v) is 15.6. The Morgan fingerprint density at radius 3 is 2.50 bits per heavy atom. The van der Waals surface area contributed by atoms with Crippen LogP contribution in [0.25, 0.3) is 0 Å². The van der Waals surface area contributed by atoms with Crippen LogP contribution in [0, 0.1) is 11.7 Å². The fraction of sp³-hybridized carbons (Fsp3) is 0.556. The highest BCUT2D eigenvalue weighted by Crippen LogP contribution is 2.23. The van der Waals surface area contributed by atoms with E-state index in [4.69, 9.17) is 4.74 Å². The second-order valence-corrected chi connectivity index (χ2v) is 8.73. The number of carbonyl (C=O) groups is 2. The number of nitrogens with one attached hydrogen (secondary N) is 1. The van der Waals surface area contributed by atoms with Crippen LogP contribution < -0.4 is 5.32 Å². The van der Waals surface area contributed by atoms with Crippen molar-refractivity contribution in [2.45, 2.75) is 50.0 Å². The topological polar surface area (TPSA) is 89.5 Å². The Bertz CT molecular complexity index is 732. The highest BCUT2D eigenvalue weighted by molar-refractivity contribution is 7.91. The van der Waals surface area contributed by atoms with E-state index in [0.717, 1.165) is 49.9 Å². The van der Waals surface area contributed by atoms with E-state index in [1.165, 1.54) is 0 Å². The molecular weight excluding hydrogens is 361 g/mol. The summed E-state index contributed by atoms with van der Waals surface area (Å²) in [6, 6.07) is 4.47. The smallest absolute Gasteiger partial charge is 0.307 e. The molecule has 1 saturated carbocycles. The third kappa shape index (κ3) is 6.09. The van der Waals surface area contributed by atoms with Crippen LogP contribution >= 0.6 is 0 Å². The monoisotopic (exact) mass is 385 g/mol. The van der Waals surface area contributed by atoms with Crippen LogP contribution in [0.4, 0.5) is 4.39 Å². The zero-order chi connectivity index (χ0) is 19.2. The van der Waals surface area contributed by atoms with Crippen LogP contribution in [0.5, 0.6) is 0 Å². The standard InChI is InChI=1S/C18H24FNO5S/c1-13-4-2-3-5-16(13)20-17(21)12-25-18(22)10-11-26(23,24)15-8-6-14(19)7-9-15/h6-9,13,16H,2-5,10-12H2,1H3,(H,20,21)/t13-,16+/m1/s1. The SMILES string of the molecule is C[C@@H]1CCCC[C@@H]1NC(=O)COC(=O)CCS(=O)(=O)c1ccc(F)cc1. The van der Waals surface area contributed by atoms with Gasteiger partial charge in [-0.25, -0.2) is 12.8 Å². The summed E-state index contributed by atoms with van der Waals surface area (Å²) in [5.41, 5.74) is 0. The highest BCUT2D eigenvalue weighted by atomic mass is 32.2. The minimum atomic E-state index is -3.71. The molecule has 144 valence electrons. The van der Waals surface area contributed by atoms with Crippen LogP contribution in [0.3, 0.4) is 0 Å². The summed E-state index contributed by atoms with van der Waals surface area (Å²) in [5.74, 6) is -1.74. The summed E-state index contributed by atoms with van der Waals surface area (Å²) in [7, 11) is -3.71. The van der Waals surface area contributed by atoms with E-state index < -0.39 is 34.0 Å². The molecule has 0 saturated heterocycles. The number of amides is 1. The fourth-order valence-electron chi connectivity index (χ4n) is 2.97. The summed E-state index contributed by atoms with van der Waals surface area (Å²) in [4.78, 5) is 23.5. The van der Waals surface area contributed by atoms with Gasteiger partial charge >= 0.3 is 5.97 Å². The van der Waals surface area contributed by atoms with Gasteiger partial charge in [0.2, 0.25) is 0 Å². The number of halogens is 1. The van der Waals surface area contributed by atoms with Gasteiger partial charge in [-0.3, -0.25) is 9.59 Å². The second kappa shape index (κ2) is 9.12. The normalized spacial score (nSPS) is 20.4. The van der Waals surface area contributed by atoms with E-state index in [2.05, 4.69) is 12.2 Å². The Morgan fingerprint density at radius 2 is 1.85 bits per heavy atom. The first-order valence-corrected chi connectivity index (χ1v) is 10.4. The lowest BCUT2D eigenvalue weighted by molar-refractivity contribution is -0.148. The molecule has 8 heteroatoms. The lowest BCUT2D eigenvalue weighted by Gasteiger charge is -2.29. The second-order valence-electron chi connectivity index (χ2n) is 6.62. The minimum absolute atomic E-state index is 0.0595. The average molecular weight is 385 g/mol. The molecule has 1 aliphatic carbocycles. The molecule has 0 unspecified atom stereocenters. The van der Waals surface area contributed by atoms with Crippen molar-refractivity contribution in [3.05, 3.63) is 30.1 Å². The number of ether oxygens (including phenoxy) is 1. The van der Waals surface area contributed by atoms with Gasteiger partial charge in [-0.2, -0.15) is 0 Å². The molecule has 0 bridgehead atoms. The molecular formula is C18H24FNO5S. The van der Waals surface area contributed by atoms with E-state index in [1.807, 2.05) is 0 Å². The number of rotatable bonds is 7. The Morgan fingerprint density at radius 1 is 1.19 bits per heavy atom. The van der Waals surface area contributed by atoms with Crippen LogP contribution in [0.15, 0.2) is 29.2 Å². The molecule has 1 fully saturated rings. The molecule has 1 N–H and O–H groups in total. The molecule has 2 rings (SSSR count). The maximum absolute atomic E-state index is 12.9. The van der Waals surface area contributed by atoms with Gasteiger partial charge in [0.05, 0.1) is 17.1 Å². The lowest BCUT2D eigenvalue weighted by atomic mass is 9.86. The molecule has 0 radical (unpaired) electrons. The van der Waals surface area contributed by atoms with Gasteiger partial charge in [0.15, 0.2) is 16.4 Å². The summed E-state index contributed by atoms with van der Waals surface area (Å²) >= 11 is 0. The van der Waals surface area contributed by atoms with Crippen molar-refractivity contribution in [1.82, 2.24) is 5.32 Å². The van der Waals surface area contributed by atoms with Crippen molar-refractivity contribution in [3.63, 3.8) is 0 Å². The Hall–Kier alpha value is -1.96. The number of hydrogen-bond donors (Lipinski definition) is 1. The van der Waals surface area contributed by atoms with Crippen molar-refractivity contribution >= 4 is 21.7 Å². The van der Waals surface area contributed by atoms with E-state index in [0.29, 0.717) is 5.92 Å². The number of hydrogen-bond acceptors (Lipinski definition) is 5. The molecule has 1 amide bonds. The summed E-state index contributed by atoms with van der Waals surface area (Å²) in [6.07, 6.45) is 3.83. The molecule has 0 aromatic heterocycles. The van der Waals surface area contributed by atoms with Crippen molar-refractivity contribution in [2.75, 3.05) is 12.4 Å². The summed E-state index contributed by atoms with van der Waals surface area (Å²) in [6.45, 7) is 1.66. The Labute approximate surface area is 153 Å². The van der Waals surface area contributed by atoms with Crippen molar-refractivity contribution in [3.8, 4) is 0 Å². The van der Waals surface area contributed by atoms with Crippen LogP contribution in [-0.4, -0.2) is 38.7 Å². The van der Waals surface area contributed by atoms with Crippen molar-refractivity contribution in [2.24, 2.45) is 5.92 Å². The molecule has 0 spiro atoms. The molecule has 1 aliphatic rings. The quantitative estimate of drug-likeness (QED) is 0.574. The molecule has 26 heavy (non-hydrogen) atoms. The Balaban J connectivity index is 1.74. The van der Waals surface area contributed by atoms with Crippen LogP contribution in [-0.2, 0) is 24.2 Å². The first-order chi connectivity index (χ1) is 12.3. The molecule has 2 atom stereocenters. The zero-order valence-electron chi connectivity index (χ0n) is 14.7. The van der Waals surface area contributed by atoms with Gasteiger partial charge in [0, 0.05) is 6.04 Å². The van der Waals surface area contributed by atoms with Gasteiger partial charge < -0.3 is 10.1 Å². The van der Waals surface area contributed by atoms with Crippen LogP contribution in [0.2, 0.25) is 0 Å². The highest BCUT2D eigenvalue weighted by Gasteiger charge is 2.23. The van der Waals surface area contributed by atoms with E-state index in [-0.39, 0.29) is 23.3 Å². The maximum atomic E-state index is 12.9. The van der Waals surface area contributed by atoms with Gasteiger partial charge in [-0.05, 0) is 43.0 Å². The van der Waals surface area contributed by atoms with Gasteiger partial charge in [0.25, 0.3) is 5.91 Å². The molecule has 1 aromatic carbocycles. The van der Waals surface area contributed by atoms with Gasteiger partial charge in [-0.15, -0.1) is 0 Å². The summed E-state index contributed by atoms with van der Waals surface area (Å²) < 4.78 is 41.9. The minimum Gasteiger partial charge on any atom is -0.456 e. The largest absolute Gasteiger partial charge is 0.456 e. The van der Waals surface area contributed by atoms with E-state index >= 15 is 0 Å². The maximum Gasteiger partial charge on any atom is 0.307 e. The average Bonchev–Trinajstić information content (AvgIpc) is 2.60. The number of benzene rings is 1. The molecule has 0 aliphatic heterocycles. The van der Waals surface area contributed by atoms with Gasteiger partial charge in [0.1, 0.15) is 5.82 Å². The van der Waals surface area contributed by atoms with Crippen molar-refractivity contribution in [1.29, 1.82) is 0 Å². The number of esters is 1. The molecule has 1 aromatic rings. The number of carbonyl (C=O) groups excluding carboxylic acids is 2. The molecule has 0 heterocycles. The summed E-state index contributed by atoms with van der Waals surface area (Å²) in [5, 5.41) is 2.86. The Kier molecular flexibility index (Phi) is 7.14. The van der Waals surface area contributed by atoms with E-state index in [1.54, 1.807) is 0 Å². The van der Waals surface area contributed by atoms with Crippen molar-refractivity contribution < 1.29 is 27.1 Å². The third-order valence-electron chi connectivity index (χ3n) is 4.57. The predicted octanol–water partition coefficient (Wildman–Crippen LogP) is 2.23. The van der Waals surface area contributed by atoms with Crippen LogP contribution in [0.1, 0.15) is 39.0 Å². The van der Waals surface area contributed by atoms with Gasteiger partial charge in [-0.1, -0.05) is 19.8 Å². The lowest BCUT2D eigenvalue weighted by Crippen LogP contribution is -2.42. The molecule has 6 nitrogen and oxygen atoms in total.